The number of carbonyl (C=O) groups is 2. The molecule has 1 amide bonds. The quantitative estimate of drug-likeness (QED) is 0.836. The standard InChI is InChI=1S/C14H14ClNO3/c15-9-4-3-5-10(8-9)16-13(17)11-6-1-2-7-12(11)14(18)19/h2-5,7-8,11-12H,1,6H2,(H,16,17)(H,18,19). The van der Waals surface area contributed by atoms with Gasteiger partial charge in [0.2, 0.25) is 5.91 Å². The molecule has 1 aliphatic carbocycles. The number of carbonyl (C=O) groups excluding carboxylic acids is 1. The van der Waals surface area contributed by atoms with E-state index < -0.39 is 17.8 Å². The predicted octanol–water partition coefficient (Wildman–Crippen LogP) is 2.95. The third-order valence-corrected chi connectivity index (χ3v) is 3.37. The summed E-state index contributed by atoms with van der Waals surface area (Å²) in [5.74, 6) is -2.55. The van der Waals surface area contributed by atoms with E-state index in [1.54, 1.807) is 30.3 Å². The lowest BCUT2D eigenvalue weighted by atomic mass is 9.83. The first kappa shape index (κ1) is 13.6. The second-order valence-electron chi connectivity index (χ2n) is 4.48. The summed E-state index contributed by atoms with van der Waals surface area (Å²) in [5, 5.41) is 12.4. The Balaban J connectivity index is 2.11. The van der Waals surface area contributed by atoms with Crippen LogP contribution in [0.4, 0.5) is 5.69 Å². The molecule has 0 aliphatic heterocycles. The molecule has 0 bridgehead atoms. The Bertz CT molecular complexity index is 527. The topological polar surface area (TPSA) is 66.4 Å². The monoisotopic (exact) mass is 279 g/mol. The van der Waals surface area contributed by atoms with Crippen LogP contribution in [0, 0.1) is 11.8 Å². The maximum Gasteiger partial charge on any atom is 0.311 e. The zero-order valence-corrected chi connectivity index (χ0v) is 10.9. The van der Waals surface area contributed by atoms with Crippen molar-refractivity contribution < 1.29 is 14.7 Å². The third kappa shape index (κ3) is 3.35. The highest BCUT2D eigenvalue weighted by molar-refractivity contribution is 6.30. The van der Waals surface area contributed by atoms with Gasteiger partial charge in [-0.1, -0.05) is 29.8 Å². The lowest BCUT2D eigenvalue weighted by molar-refractivity contribution is -0.144. The number of allylic oxidation sites excluding steroid dienone is 1. The van der Waals surface area contributed by atoms with E-state index in [0.717, 1.165) is 6.42 Å². The summed E-state index contributed by atoms with van der Waals surface area (Å²) in [5.41, 5.74) is 0.580. The molecule has 0 fully saturated rings. The molecule has 4 nitrogen and oxygen atoms in total. The SMILES string of the molecule is O=C(O)C1C=CCCC1C(=O)Nc1cccc(Cl)c1. The second kappa shape index (κ2) is 5.89. The fourth-order valence-electron chi connectivity index (χ4n) is 2.18. The van der Waals surface area contributed by atoms with Crippen LogP contribution in [0.3, 0.4) is 0 Å². The minimum atomic E-state index is -0.970. The van der Waals surface area contributed by atoms with E-state index in [2.05, 4.69) is 5.32 Å². The molecule has 0 heterocycles. The summed E-state index contributed by atoms with van der Waals surface area (Å²) in [6.45, 7) is 0. The van der Waals surface area contributed by atoms with Crippen LogP contribution in [-0.2, 0) is 9.59 Å². The highest BCUT2D eigenvalue weighted by Crippen LogP contribution is 2.27. The summed E-state index contributed by atoms with van der Waals surface area (Å²) in [6, 6.07) is 6.79. The van der Waals surface area contributed by atoms with E-state index in [-0.39, 0.29) is 5.91 Å². The van der Waals surface area contributed by atoms with Crippen LogP contribution >= 0.6 is 11.6 Å². The van der Waals surface area contributed by atoms with Gasteiger partial charge in [-0.05, 0) is 31.0 Å². The van der Waals surface area contributed by atoms with Crippen molar-refractivity contribution in [1.29, 1.82) is 0 Å². The minimum absolute atomic E-state index is 0.279. The van der Waals surface area contributed by atoms with Crippen LogP contribution in [0.2, 0.25) is 5.02 Å². The second-order valence-corrected chi connectivity index (χ2v) is 4.91. The van der Waals surface area contributed by atoms with E-state index in [1.807, 2.05) is 6.08 Å². The van der Waals surface area contributed by atoms with Crippen molar-refractivity contribution in [3.05, 3.63) is 41.4 Å². The Hall–Kier alpha value is -1.81. The Morgan fingerprint density at radius 3 is 2.84 bits per heavy atom. The summed E-state index contributed by atoms with van der Waals surface area (Å²) < 4.78 is 0. The molecule has 0 saturated carbocycles. The molecule has 0 saturated heterocycles. The average Bonchev–Trinajstić information content (AvgIpc) is 2.38. The average molecular weight is 280 g/mol. The number of hydrogen-bond donors (Lipinski definition) is 2. The molecule has 1 aliphatic rings. The number of nitrogens with one attached hydrogen (secondary N) is 1. The molecule has 2 atom stereocenters. The first-order chi connectivity index (χ1) is 9.08. The summed E-state index contributed by atoms with van der Waals surface area (Å²) >= 11 is 5.84. The highest BCUT2D eigenvalue weighted by Gasteiger charge is 2.33. The molecule has 1 aromatic carbocycles. The van der Waals surface area contributed by atoms with Crippen LogP contribution in [0.15, 0.2) is 36.4 Å². The van der Waals surface area contributed by atoms with Crippen LogP contribution < -0.4 is 5.32 Å². The Morgan fingerprint density at radius 2 is 2.16 bits per heavy atom. The van der Waals surface area contributed by atoms with Gasteiger partial charge >= 0.3 is 5.97 Å². The van der Waals surface area contributed by atoms with Gasteiger partial charge in [-0.25, -0.2) is 0 Å². The third-order valence-electron chi connectivity index (χ3n) is 3.14. The van der Waals surface area contributed by atoms with Crippen molar-refractivity contribution in [2.45, 2.75) is 12.8 Å². The van der Waals surface area contributed by atoms with Gasteiger partial charge in [0.15, 0.2) is 0 Å². The first-order valence-electron chi connectivity index (χ1n) is 6.04. The summed E-state index contributed by atoms with van der Waals surface area (Å²) in [7, 11) is 0. The number of benzene rings is 1. The van der Waals surface area contributed by atoms with E-state index in [4.69, 9.17) is 16.7 Å². The van der Waals surface area contributed by atoms with Gasteiger partial charge in [-0.2, -0.15) is 0 Å². The van der Waals surface area contributed by atoms with Gasteiger partial charge in [0.25, 0.3) is 0 Å². The Kier molecular flexibility index (Phi) is 4.22. The number of carboxylic acid groups (broad SMARTS) is 1. The molecule has 19 heavy (non-hydrogen) atoms. The lowest BCUT2D eigenvalue weighted by Crippen LogP contribution is -2.34. The number of rotatable bonds is 3. The van der Waals surface area contributed by atoms with Crippen LogP contribution in [0.5, 0.6) is 0 Å². The molecular formula is C14H14ClNO3. The van der Waals surface area contributed by atoms with Crippen molar-refractivity contribution in [2.75, 3.05) is 5.32 Å². The normalized spacial score (nSPS) is 21.9. The number of anilines is 1. The number of amides is 1. The van der Waals surface area contributed by atoms with E-state index in [0.29, 0.717) is 17.1 Å². The molecule has 2 rings (SSSR count). The van der Waals surface area contributed by atoms with Crippen molar-refractivity contribution in [3.8, 4) is 0 Å². The Labute approximate surface area is 116 Å². The van der Waals surface area contributed by atoms with Gasteiger partial charge in [0, 0.05) is 10.7 Å². The van der Waals surface area contributed by atoms with Gasteiger partial charge in [-0.3, -0.25) is 9.59 Å². The van der Waals surface area contributed by atoms with Gasteiger partial charge in [0.1, 0.15) is 0 Å². The van der Waals surface area contributed by atoms with Gasteiger partial charge in [0.05, 0.1) is 11.8 Å². The van der Waals surface area contributed by atoms with Crippen LogP contribution in [-0.4, -0.2) is 17.0 Å². The number of hydrogen-bond acceptors (Lipinski definition) is 2. The van der Waals surface area contributed by atoms with E-state index >= 15 is 0 Å². The zero-order chi connectivity index (χ0) is 13.8. The molecular weight excluding hydrogens is 266 g/mol. The van der Waals surface area contributed by atoms with Crippen molar-refractivity contribution in [2.24, 2.45) is 11.8 Å². The highest BCUT2D eigenvalue weighted by atomic mass is 35.5. The first-order valence-corrected chi connectivity index (χ1v) is 6.41. The van der Waals surface area contributed by atoms with E-state index in [1.165, 1.54) is 0 Å². The molecule has 0 spiro atoms. The van der Waals surface area contributed by atoms with Crippen molar-refractivity contribution >= 4 is 29.2 Å². The Morgan fingerprint density at radius 1 is 1.37 bits per heavy atom. The zero-order valence-electron chi connectivity index (χ0n) is 10.2. The van der Waals surface area contributed by atoms with Crippen LogP contribution in [0.1, 0.15) is 12.8 Å². The smallest absolute Gasteiger partial charge is 0.311 e. The molecule has 0 aromatic heterocycles. The van der Waals surface area contributed by atoms with Crippen molar-refractivity contribution in [1.82, 2.24) is 0 Å². The summed E-state index contributed by atoms with van der Waals surface area (Å²) in [6.07, 6.45) is 4.66. The largest absolute Gasteiger partial charge is 0.481 e. The fraction of sp³-hybridized carbons (Fsp3) is 0.286. The fourth-order valence-corrected chi connectivity index (χ4v) is 2.37. The van der Waals surface area contributed by atoms with E-state index in [9.17, 15) is 9.59 Å². The maximum atomic E-state index is 12.1. The number of carboxylic acids is 1. The molecule has 100 valence electrons. The number of aliphatic carboxylic acids is 1. The van der Waals surface area contributed by atoms with Gasteiger partial charge in [-0.15, -0.1) is 0 Å². The van der Waals surface area contributed by atoms with Crippen molar-refractivity contribution in [3.63, 3.8) is 0 Å². The predicted molar refractivity (Wildman–Crippen MR) is 73.1 cm³/mol. The molecule has 2 N–H and O–H groups in total. The minimum Gasteiger partial charge on any atom is -0.481 e. The summed E-state index contributed by atoms with van der Waals surface area (Å²) in [4.78, 5) is 23.3. The maximum absolute atomic E-state index is 12.1. The molecule has 1 aromatic rings. The van der Waals surface area contributed by atoms with Gasteiger partial charge < -0.3 is 10.4 Å². The molecule has 5 heteroatoms. The lowest BCUT2D eigenvalue weighted by Gasteiger charge is -2.23. The molecule has 2 unspecified atom stereocenters. The number of halogens is 1. The van der Waals surface area contributed by atoms with Crippen LogP contribution in [0.25, 0.3) is 0 Å². The molecule has 0 radical (unpaired) electrons.